The Kier molecular flexibility index (Phi) is 5.27. The summed E-state index contributed by atoms with van der Waals surface area (Å²) in [6.07, 6.45) is 5.20. The van der Waals surface area contributed by atoms with E-state index < -0.39 is 0 Å². The number of anilines is 1. The summed E-state index contributed by atoms with van der Waals surface area (Å²) < 4.78 is 0. The number of nitrogens with zero attached hydrogens (tertiary/aromatic N) is 6. The van der Waals surface area contributed by atoms with Crippen LogP contribution >= 0.6 is 12.2 Å². The molecule has 7 nitrogen and oxygen atoms in total. The van der Waals surface area contributed by atoms with Gasteiger partial charge in [-0.05, 0) is 37.3 Å². The second kappa shape index (κ2) is 7.78. The molecule has 124 valence electrons. The van der Waals surface area contributed by atoms with Crippen LogP contribution in [0.3, 0.4) is 0 Å². The number of piperazine rings is 1. The summed E-state index contributed by atoms with van der Waals surface area (Å²) in [4.78, 5) is 17.1. The number of hydrogen-bond donors (Lipinski definition) is 1. The maximum Gasteiger partial charge on any atom is 0.189 e. The number of rotatable bonds is 3. The first-order chi connectivity index (χ1) is 11.7. The number of nitrogens with one attached hydrogen (secondary N) is 1. The van der Waals surface area contributed by atoms with Gasteiger partial charge in [0.1, 0.15) is 11.5 Å². The zero-order valence-electron chi connectivity index (χ0n) is 13.5. The second-order valence-electron chi connectivity index (χ2n) is 5.35. The summed E-state index contributed by atoms with van der Waals surface area (Å²) in [7, 11) is 0. The summed E-state index contributed by atoms with van der Waals surface area (Å²) in [5, 5.41) is 4.90. The molecule has 1 aliphatic heterocycles. The lowest BCUT2D eigenvalue weighted by Crippen LogP contribution is -2.51. The number of pyridine rings is 1. The Balaban J connectivity index is 1.52. The van der Waals surface area contributed by atoms with Gasteiger partial charge in [-0.1, -0.05) is 6.07 Å². The highest BCUT2D eigenvalue weighted by atomic mass is 32.1. The molecule has 1 fully saturated rings. The fourth-order valence-corrected chi connectivity index (χ4v) is 2.65. The van der Waals surface area contributed by atoms with Gasteiger partial charge in [-0.3, -0.25) is 5.43 Å². The molecule has 0 aliphatic carbocycles. The Morgan fingerprint density at radius 3 is 2.42 bits per heavy atom. The Hall–Kier alpha value is -2.61. The van der Waals surface area contributed by atoms with Crippen LogP contribution in [0.1, 0.15) is 12.7 Å². The predicted octanol–water partition coefficient (Wildman–Crippen LogP) is 1.29. The Bertz CT molecular complexity index is 697. The minimum Gasteiger partial charge on any atom is -0.353 e. The largest absolute Gasteiger partial charge is 0.353 e. The molecule has 1 aliphatic rings. The molecule has 0 saturated carbocycles. The fraction of sp³-hybridized carbons (Fsp3) is 0.312. The molecule has 2 aromatic heterocycles. The molecule has 3 heterocycles. The maximum atomic E-state index is 5.43. The third-order valence-corrected chi connectivity index (χ3v) is 4.10. The lowest BCUT2D eigenvalue weighted by Gasteiger charge is -2.36. The molecule has 3 rings (SSSR count). The minimum atomic E-state index is 0.591. The Labute approximate surface area is 146 Å². The van der Waals surface area contributed by atoms with Gasteiger partial charge in [0.2, 0.25) is 0 Å². The van der Waals surface area contributed by atoms with Gasteiger partial charge < -0.3 is 9.80 Å². The highest BCUT2D eigenvalue weighted by molar-refractivity contribution is 7.80. The maximum absolute atomic E-state index is 5.43. The van der Waals surface area contributed by atoms with Crippen molar-refractivity contribution in [2.45, 2.75) is 6.92 Å². The van der Waals surface area contributed by atoms with E-state index in [9.17, 15) is 0 Å². The van der Waals surface area contributed by atoms with E-state index in [1.54, 1.807) is 18.5 Å². The van der Waals surface area contributed by atoms with E-state index in [4.69, 9.17) is 12.2 Å². The van der Waals surface area contributed by atoms with Crippen molar-refractivity contribution in [2.24, 2.45) is 5.10 Å². The molecule has 0 atom stereocenters. The molecular formula is C16H19N7S. The molecule has 0 spiro atoms. The van der Waals surface area contributed by atoms with Crippen molar-refractivity contribution in [1.29, 1.82) is 0 Å². The van der Waals surface area contributed by atoms with Gasteiger partial charge >= 0.3 is 0 Å². The van der Waals surface area contributed by atoms with E-state index in [0.29, 0.717) is 16.6 Å². The normalized spacial score (nSPS) is 15.3. The average Bonchev–Trinajstić information content (AvgIpc) is 2.67. The van der Waals surface area contributed by atoms with Crippen LogP contribution < -0.4 is 10.3 Å². The number of hydrazone groups is 1. The van der Waals surface area contributed by atoms with Crippen LogP contribution in [0.5, 0.6) is 0 Å². The van der Waals surface area contributed by atoms with Gasteiger partial charge in [-0.25, -0.2) is 15.0 Å². The zero-order valence-corrected chi connectivity index (χ0v) is 14.3. The van der Waals surface area contributed by atoms with Crippen LogP contribution in [0.2, 0.25) is 0 Å². The van der Waals surface area contributed by atoms with Gasteiger partial charge in [-0.2, -0.15) is 5.10 Å². The SMILES string of the molecule is C/C(=N\NC(=S)N1CCN(c2ccccn2)CC1)c1ncccn1. The van der Waals surface area contributed by atoms with Crippen LogP contribution in [0, 0.1) is 0 Å². The van der Waals surface area contributed by atoms with Crippen molar-refractivity contribution in [2.75, 3.05) is 31.1 Å². The Morgan fingerprint density at radius 2 is 1.75 bits per heavy atom. The molecule has 8 heteroatoms. The highest BCUT2D eigenvalue weighted by Gasteiger charge is 2.19. The van der Waals surface area contributed by atoms with E-state index in [1.807, 2.05) is 31.3 Å². The van der Waals surface area contributed by atoms with Crippen LogP contribution in [0.15, 0.2) is 48.0 Å². The van der Waals surface area contributed by atoms with Crippen LogP contribution in [0.25, 0.3) is 0 Å². The number of thiocarbonyl (C=S) groups is 1. The van der Waals surface area contributed by atoms with E-state index in [2.05, 4.69) is 35.3 Å². The van der Waals surface area contributed by atoms with Gasteiger partial charge in [-0.15, -0.1) is 0 Å². The fourth-order valence-electron chi connectivity index (χ4n) is 2.42. The van der Waals surface area contributed by atoms with Gasteiger partial charge in [0.05, 0.1) is 0 Å². The molecular weight excluding hydrogens is 322 g/mol. The predicted molar refractivity (Wildman–Crippen MR) is 98.0 cm³/mol. The van der Waals surface area contributed by atoms with Crippen LogP contribution in [-0.4, -0.2) is 56.9 Å². The van der Waals surface area contributed by atoms with Crippen LogP contribution in [-0.2, 0) is 0 Å². The lowest BCUT2D eigenvalue weighted by molar-refractivity contribution is 0.380. The first kappa shape index (κ1) is 16.3. The standard InChI is InChI=1S/C16H19N7S/c1-13(15-18-7-4-8-19-15)20-21-16(24)23-11-9-22(10-12-23)14-5-2-3-6-17-14/h2-8H,9-12H2,1H3,(H,21,24)/b20-13+. The Morgan fingerprint density at radius 1 is 1.04 bits per heavy atom. The van der Waals surface area contributed by atoms with E-state index in [-0.39, 0.29) is 0 Å². The van der Waals surface area contributed by atoms with Crippen molar-refractivity contribution in [3.63, 3.8) is 0 Å². The molecule has 24 heavy (non-hydrogen) atoms. The van der Waals surface area contributed by atoms with Gasteiger partial charge in [0.25, 0.3) is 0 Å². The van der Waals surface area contributed by atoms with Gasteiger partial charge in [0, 0.05) is 44.8 Å². The summed E-state index contributed by atoms with van der Waals surface area (Å²) in [5.41, 5.74) is 3.64. The monoisotopic (exact) mass is 341 g/mol. The van der Waals surface area contributed by atoms with E-state index in [1.165, 1.54) is 0 Å². The van der Waals surface area contributed by atoms with E-state index in [0.717, 1.165) is 32.0 Å². The van der Waals surface area contributed by atoms with Crippen molar-refractivity contribution in [3.8, 4) is 0 Å². The minimum absolute atomic E-state index is 0.591. The molecule has 0 amide bonds. The first-order valence-electron chi connectivity index (χ1n) is 7.76. The van der Waals surface area contributed by atoms with Crippen LogP contribution in [0.4, 0.5) is 5.82 Å². The number of aromatic nitrogens is 3. The summed E-state index contributed by atoms with van der Waals surface area (Å²) in [6, 6.07) is 7.73. The second-order valence-corrected chi connectivity index (χ2v) is 5.74. The third-order valence-electron chi connectivity index (χ3n) is 3.75. The quantitative estimate of drug-likeness (QED) is 0.512. The van der Waals surface area contributed by atoms with Crippen molar-refractivity contribution in [3.05, 3.63) is 48.7 Å². The summed E-state index contributed by atoms with van der Waals surface area (Å²) in [6.45, 7) is 5.27. The smallest absolute Gasteiger partial charge is 0.189 e. The van der Waals surface area contributed by atoms with E-state index >= 15 is 0 Å². The van der Waals surface area contributed by atoms with Crippen molar-refractivity contribution < 1.29 is 0 Å². The molecule has 0 bridgehead atoms. The van der Waals surface area contributed by atoms with Crippen molar-refractivity contribution >= 4 is 28.9 Å². The molecule has 0 radical (unpaired) electrons. The average molecular weight is 341 g/mol. The topological polar surface area (TPSA) is 69.5 Å². The molecule has 0 aromatic carbocycles. The molecule has 2 aromatic rings. The molecule has 0 unspecified atom stereocenters. The third kappa shape index (κ3) is 4.02. The summed E-state index contributed by atoms with van der Waals surface area (Å²) in [5.74, 6) is 1.60. The molecule has 1 saturated heterocycles. The summed E-state index contributed by atoms with van der Waals surface area (Å²) >= 11 is 5.43. The number of hydrogen-bond acceptors (Lipinski definition) is 6. The van der Waals surface area contributed by atoms with Crippen molar-refractivity contribution in [1.82, 2.24) is 25.3 Å². The molecule has 1 N–H and O–H groups in total. The highest BCUT2D eigenvalue weighted by Crippen LogP contribution is 2.12. The zero-order chi connectivity index (χ0) is 16.8. The lowest BCUT2D eigenvalue weighted by atomic mass is 10.3. The first-order valence-corrected chi connectivity index (χ1v) is 8.17. The van der Waals surface area contributed by atoms with Gasteiger partial charge in [0.15, 0.2) is 10.9 Å².